The Bertz CT molecular complexity index is 305. The van der Waals surface area contributed by atoms with E-state index in [2.05, 4.69) is 10.6 Å². The molecule has 0 spiro atoms. The van der Waals surface area contributed by atoms with Crippen LogP contribution >= 0.6 is 0 Å². The highest BCUT2D eigenvalue weighted by Crippen LogP contribution is 2.31. The number of urea groups is 2. The van der Waals surface area contributed by atoms with Gasteiger partial charge in [0.25, 0.3) is 0 Å². The van der Waals surface area contributed by atoms with Crippen LogP contribution in [0.4, 0.5) is 9.59 Å². The highest BCUT2D eigenvalue weighted by atomic mass is 16.2. The molecule has 0 aliphatic carbocycles. The Kier molecular flexibility index (Phi) is 1.02. The Morgan fingerprint density at radius 2 is 2.00 bits per heavy atom. The van der Waals surface area contributed by atoms with E-state index >= 15 is 0 Å². The number of piperazine rings is 1. The summed E-state index contributed by atoms with van der Waals surface area (Å²) in [6.07, 6.45) is -0.319. The van der Waals surface area contributed by atoms with Crippen molar-refractivity contribution in [2.24, 2.45) is 0 Å². The number of carbonyl (C=O) groups excluding carboxylic acids is 2. The van der Waals surface area contributed by atoms with Crippen molar-refractivity contribution in [3.63, 3.8) is 0 Å². The lowest BCUT2D eigenvalue weighted by atomic mass is 10.2. The molecular weight excluding hydrogens is 172 g/mol. The quantitative estimate of drug-likeness (QED) is 0.509. The minimum absolute atomic E-state index is 0.0231. The first-order valence-electron chi connectivity index (χ1n) is 4.34. The average molecular weight is 182 g/mol. The monoisotopic (exact) mass is 182 g/mol. The molecule has 0 saturated carbocycles. The van der Waals surface area contributed by atoms with Crippen LogP contribution in [-0.2, 0) is 0 Å². The van der Waals surface area contributed by atoms with Crippen LogP contribution in [0.2, 0.25) is 0 Å². The van der Waals surface area contributed by atoms with Gasteiger partial charge in [0.05, 0.1) is 6.04 Å². The average Bonchev–Trinajstić information content (AvgIpc) is 2.60. The van der Waals surface area contributed by atoms with Crippen molar-refractivity contribution in [3.05, 3.63) is 0 Å². The van der Waals surface area contributed by atoms with Crippen LogP contribution < -0.4 is 10.6 Å². The van der Waals surface area contributed by atoms with Crippen molar-refractivity contribution in [1.29, 1.82) is 0 Å². The third-order valence-corrected chi connectivity index (χ3v) is 2.89. The molecule has 2 N–H and O–H groups in total. The van der Waals surface area contributed by atoms with Crippen LogP contribution in [0.3, 0.4) is 0 Å². The minimum Gasteiger partial charge on any atom is -0.314 e. The first kappa shape index (κ1) is 6.99. The predicted octanol–water partition coefficient (Wildman–Crippen LogP) is -0.909. The Balaban J connectivity index is 1.98. The van der Waals surface area contributed by atoms with Crippen LogP contribution in [0.5, 0.6) is 0 Å². The Hall–Kier alpha value is -1.46. The number of rotatable bonds is 0. The summed E-state index contributed by atoms with van der Waals surface area (Å²) in [5.74, 6) is 0. The van der Waals surface area contributed by atoms with Crippen molar-refractivity contribution in [2.45, 2.75) is 25.3 Å². The summed E-state index contributed by atoms with van der Waals surface area (Å²) >= 11 is 0. The Morgan fingerprint density at radius 1 is 1.31 bits per heavy atom. The normalized spacial score (nSPS) is 40.8. The van der Waals surface area contributed by atoms with Gasteiger partial charge in [-0.15, -0.1) is 0 Å². The maximum absolute atomic E-state index is 11.6. The van der Waals surface area contributed by atoms with Gasteiger partial charge in [-0.1, -0.05) is 0 Å². The number of nitrogens with one attached hydrogen (secondary N) is 2. The van der Waals surface area contributed by atoms with Crippen LogP contribution in [0, 0.1) is 0 Å². The van der Waals surface area contributed by atoms with Crippen molar-refractivity contribution < 1.29 is 9.59 Å². The third-order valence-electron chi connectivity index (χ3n) is 2.89. The molecule has 2 bridgehead atoms. The Morgan fingerprint density at radius 3 is 2.77 bits per heavy atom. The van der Waals surface area contributed by atoms with Crippen molar-refractivity contribution in [2.75, 3.05) is 6.54 Å². The van der Waals surface area contributed by atoms with E-state index in [1.807, 2.05) is 6.92 Å². The summed E-state index contributed by atoms with van der Waals surface area (Å²) in [4.78, 5) is 26.0. The second kappa shape index (κ2) is 1.89. The molecule has 6 heteroatoms. The molecule has 3 aliphatic heterocycles. The lowest BCUT2D eigenvalue weighted by Crippen LogP contribution is -2.52. The zero-order chi connectivity index (χ0) is 9.16. The molecular formula is C7H10N4O2. The molecule has 3 rings (SSSR count). The SMILES string of the molecule is C[C@@H]1CN2C(=O)N1[C@@H]1NC(=O)N[C@@H]12. The lowest BCUT2D eigenvalue weighted by molar-refractivity contribution is 0.161. The number of fused-ring (bicyclic) bond motifs is 5. The smallest absolute Gasteiger partial charge is 0.314 e. The standard InChI is InChI=1S/C7H10N4O2/c1-3-2-10-4-5(9-6(12)8-4)11(3)7(10)13/h3-5H,2H2,1H3,(H2,8,9,12)/t3-,4-,5+/m1/s1. The molecule has 4 amide bonds. The highest BCUT2D eigenvalue weighted by molar-refractivity contribution is 5.86. The molecule has 3 atom stereocenters. The van der Waals surface area contributed by atoms with Gasteiger partial charge in [0.15, 0.2) is 0 Å². The largest absolute Gasteiger partial charge is 0.323 e. The van der Waals surface area contributed by atoms with Crippen molar-refractivity contribution >= 4 is 12.1 Å². The van der Waals surface area contributed by atoms with Crippen LogP contribution in [0.25, 0.3) is 0 Å². The van der Waals surface area contributed by atoms with Gasteiger partial charge in [0.2, 0.25) is 0 Å². The summed E-state index contributed by atoms with van der Waals surface area (Å²) in [6.45, 7) is 2.69. The lowest BCUT2D eigenvalue weighted by Gasteiger charge is -2.29. The minimum atomic E-state index is -0.188. The first-order chi connectivity index (χ1) is 6.18. The summed E-state index contributed by atoms with van der Waals surface area (Å²) in [7, 11) is 0. The van der Waals surface area contributed by atoms with E-state index in [0.29, 0.717) is 6.54 Å². The molecule has 0 aromatic heterocycles. The number of nitrogens with zero attached hydrogens (tertiary/aromatic N) is 2. The summed E-state index contributed by atoms with van der Waals surface area (Å²) < 4.78 is 0. The van der Waals surface area contributed by atoms with Crippen molar-refractivity contribution in [3.8, 4) is 0 Å². The molecule has 0 aromatic rings. The van der Waals surface area contributed by atoms with E-state index in [4.69, 9.17) is 0 Å². The van der Waals surface area contributed by atoms with Gasteiger partial charge < -0.3 is 10.6 Å². The summed E-state index contributed by atoms with van der Waals surface area (Å²) in [5, 5.41) is 5.43. The molecule has 3 aliphatic rings. The highest BCUT2D eigenvalue weighted by Gasteiger charge is 2.57. The zero-order valence-electron chi connectivity index (χ0n) is 7.15. The molecule has 0 unspecified atom stereocenters. The molecule has 3 saturated heterocycles. The van der Waals surface area contributed by atoms with Gasteiger partial charge in [-0.2, -0.15) is 0 Å². The van der Waals surface area contributed by atoms with E-state index in [1.165, 1.54) is 0 Å². The maximum atomic E-state index is 11.6. The van der Waals surface area contributed by atoms with Crippen LogP contribution in [-0.4, -0.2) is 46.8 Å². The van der Waals surface area contributed by atoms with Gasteiger partial charge >= 0.3 is 12.1 Å². The molecule has 70 valence electrons. The fourth-order valence-electron chi connectivity index (χ4n) is 2.35. The molecule has 6 nitrogen and oxygen atoms in total. The zero-order valence-corrected chi connectivity index (χ0v) is 7.15. The third kappa shape index (κ3) is 0.644. The molecule has 3 heterocycles. The van der Waals surface area contributed by atoms with E-state index in [0.717, 1.165) is 0 Å². The van der Waals surface area contributed by atoms with Gasteiger partial charge in [-0.25, -0.2) is 9.59 Å². The first-order valence-corrected chi connectivity index (χ1v) is 4.34. The molecule has 13 heavy (non-hydrogen) atoms. The number of carbonyl (C=O) groups is 2. The number of hydrogen-bond acceptors (Lipinski definition) is 2. The van der Waals surface area contributed by atoms with Gasteiger partial charge in [-0.3, -0.25) is 9.80 Å². The predicted molar refractivity (Wildman–Crippen MR) is 42.6 cm³/mol. The summed E-state index contributed by atoms with van der Waals surface area (Å²) in [6, 6.07) is 0.0375. The molecule has 0 aromatic carbocycles. The topological polar surface area (TPSA) is 64.7 Å². The van der Waals surface area contributed by atoms with E-state index in [1.54, 1.807) is 9.80 Å². The Labute approximate surface area is 74.9 Å². The van der Waals surface area contributed by atoms with E-state index < -0.39 is 0 Å². The number of amides is 4. The fourth-order valence-corrected chi connectivity index (χ4v) is 2.35. The van der Waals surface area contributed by atoms with Crippen molar-refractivity contribution in [1.82, 2.24) is 20.4 Å². The maximum Gasteiger partial charge on any atom is 0.323 e. The number of hydrogen-bond donors (Lipinski definition) is 2. The molecule has 0 radical (unpaired) electrons. The van der Waals surface area contributed by atoms with Gasteiger partial charge in [-0.05, 0) is 6.92 Å². The van der Waals surface area contributed by atoms with E-state index in [9.17, 15) is 9.59 Å². The fraction of sp³-hybridized carbons (Fsp3) is 0.714. The molecule has 3 fully saturated rings. The van der Waals surface area contributed by atoms with Crippen LogP contribution in [0.15, 0.2) is 0 Å². The summed E-state index contributed by atoms with van der Waals surface area (Å²) in [5.41, 5.74) is 0. The second-order valence-electron chi connectivity index (χ2n) is 3.70. The van der Waals surface area contributed by atoms with E-state index in [-0.39, 0.29) is 30.4 Å². The van der Waals surface area contributed by atoms with Gasteiger partial charge in [0.1, 0.15) is 12.3 Å². The second-order valence-corrected chi connectivity index (χ2v) is 3.70. The van der Waals surface area contributed by atoms with Crippen LogP contribution in [0.1, 0.15) is 6.92 Å². The van der Waals surface area contributed by atoms with Gasteiger partial charge in [0, 0.05) is 6.54 Å².